The third-order valence-corrected chi connectivity index (χ3v) is 3.71. The zero-order valence-corrected chi connectivity index (χ0v) is 15.5. The minimum absolute atomic E-state index is 0.295. The van der Waals surface area contributed by atoms with Gasteiger partial charge in [0.05, 0.1) is 42.6 Å². The maximum absolute atomic E-state index is 5.86. The van der Waals surface area contributed by atoms with Crippen LogP contribution in [-0.4, -0.2) is 48.0 Å². The van der Waals surface area contributed by atoms with E-state index in [0.717, 1.165) is 22.8 Å². The van der Waals surface area contributed by atoms with E-state index in [1.165, 1.54) is 0 Å². The van der Waals surface area contributed by atoms with Crippen LogP contribution in [0.4, 0.5) is 0 Å². The maximum Gasteiger partial charge on any atom is 0.123 e. The minimum Gasteiger partial charge on any atom is -0.491 e. The Morgan fingerprint density at radius 3 is 1.93 bits per heavy atom. The second-order valence-electron chi connectivity index (χ2n) is 5.72. The van der Waals surface area contributed by atoms with Crippen molar-refractivity contribution < 1.29 is 14.2 Å². The highest BCUT2D eigenvalue weighted by atomic mass is 16.5. The van der Waals surface area contributed by atoms with Crippen LogP contribution >= 0.6 is 0 Å². The van der Waals surface area contributed by atoms with Gasteiger partial charge < -0.3 is 14.2 Å². The van der Waals surface area contributed by atoms with Gasteiger partial charge in [-0.25, -0.2) is 4.98 Å². The van der Waals surface area contributed by atoms with Gasteiger partial charge in [0, 0.05) is 24.5 Å². The van der Waals surface area contributed by atoms with Gasteiger partial charge in [-0.05, 0) is 24.3 Å². The molecule has 0 N–H and O–H groups in total. The van der Waals surface area contributed by atoms with Crippen LogP contribution in [-0.2, 0) is 9.47 Å². The van der Waals surface area contributed by atoms with Gasteiger partial charge in [-0.3, -0.25) is 9.97 Å². The molecule has 0 aliphatic carbocycles. The van der Waals surface area contributed by atoms with E-state index in [1.54, 1.807) is 12.4 Å². The van der Waals surface area contributed by atoms with Gasteiger partial charge in [0.15, 0.2) is 0 Å². The third-order valence-electron chi connectivity index (χ3n) is 3.71. The quantitative estimate of drug-likeness (QED) is 0.400. The summed E-state index contributed by atoms with van der Waals surface area (Å²) in [5.41, 5.74) is 2.99. The molecule has 0 radical (unpaired) electrons. The first-order valence-electron chi connectivity index (χ1n) is 8.93. The Labute approximate surface area is 164 Å². The number of hydrogen-bond donors (Lipinski definition) is 0. The Balaban J connectivity index is 1.67. The molecule has 0 fully saturated rings. The Morgan fingerprint density at radius 2 is 1.36 bits per heavy atom. The van der Waals surface area contributed by atoms with Crippen molar-refractivity contribution in [3.05, 3.63) is 60.9 Å². The first kappa shape index (κ1) is 19.5. The molecule has 3 aromatic rings. The highest BCUT2D eigenvalue weighted by Gasteiger charge is 2.09. The number of aromatic nitrogens is 3. The van der Waals surface area contributed by atoms with Crippen molar-refractivity contribution in [1.29, 1.82) is 0 Å². The molecule has 0 aliphatic heterocycles. The molecule has 0 amide bonds. The van der Waals surface area contributed by atoms with Crippen LogP contribution in [0.1, 0.15) is 0 Å². The smallest absolute Gasteiger partial charge is 0.123 e. The van der Waals surface area contributed by atoms with Gasteiger partial charge in [0.2, 0.25) is 0 Å². The maximum atomic E-state index is 5.86. The van der Waals surface area contributed by atoms with E-state index < -0.39 is 0 Å². The van der Waals surface area contributed by atoms with Crippen molar-refractivity contribution in [2.24, 2.45) is 0 Å². The Kier molecular flexibility index (Phi) is 7.50. The first-order valence-corrected chi connectivity index (χ1v) is 8.93. The molecule has 0 saturated heterocycles. The lowest BCUT2D eigenvalue weighted by Gasteiger charge is -2.11. The van der Waals surface area contributed by atoms with Crippen molar-refractivity contribution in [3.8, 4) is 40.9 Å². The largest absolute Gasteiger partial charge is 0.491 e. The summed E-state index contributed by atoms with van der Waals surface area (Å²) in [6.45, 7) is 2.08. The zero-order chi connectivity index (χ0) is 19.4. The molecule has 142 valence electrons. The summed E-state index contributed by atoms with van der Waals surface area (Å²) in [4.78, 5) is 13.4. The van der Waals surface area contributed by atoms with E-state index >= 15 is 0 Å². The topological polar surface area (TPSA) is 66.4 Å². The normalized spacial score (nSPS) is 10.4. The highest BCUT2D eigenvalue weighted by molar-refractivity contribution is 5.64. The average molecular weight is 375 g/mol. The van der Waals surface area contributed by atoms with E-state index in [9.17, 15) is 0 Å². The fourth-order valence-electron chi connectivity index (χ4n) is 2.45. The molecule has 3 rings (SSSR count). The second kappa shape index (κ2) is 10.8. The van der Waals surface area contributed by atoms with Crippen LogP contribution in [0.5, 0.6) is 5.75 Å². The lowest BCUT2D eigenvalue weighted by molar-refractivity contribution is 0.0462. The molecule has 28 heavy (non-hydrogen) atoms. The fourth-order valence-corrected chi connectivity index (χ4v) is 2.45. The molecule has 0 spiro atoms. The molecule has 6 heteroatoms. The van der Waals surface area contributed by atoms with Crippen molar-refractivity contribution in [1.82, 2.24) is 15.0 Å². The molecular weight excluding hydrogens is 354 g/mol. The van der Waals surface area contributed by atoms with Crippen molar-refractivity contribution >= 4 is 0 Å². The van der Waals surface area contributed by atoms with E-state index in [1.807, 2.05) is 48.5 Å². The average Bonchev–Trinajstić information content (AvgIpc) is 2.76. The summed E-state index contributed by atoms with van der Waals surface area (Å²) in [7, 11) is 0. The summed E-state index contributed by atoms with van der Waals surface area (Å²) in [5.74, 6) is 3.09. The first-order chi connectivity index (χ1) is 13.9. The summed E-state index contributed by atoms with van der Waals surface area (Å²) >= 11 is 0. The summed E-state index contributed by atoms with van der Waals surface area (Å²) in [6, 6.07) is 15.1. The third kappa shape index (κ3) is 5.88. The van der Waals surface area contributed by atoms with E-state index in [-0.39, 0.29) is 0 Å². The number of pyridine rings is 3. The molecule has 0 bridgehead atoms. The van der Waals surface area contributed by atoms with Crippen LogP contribution in [0.2, 0.25) is 0 Å². The van der Waals surface area contributed by atoms with Gasteiger partial charge in [-0.2, -0.15) is 0 Å². The summed E-state index contributed by atoms with van der Waals surface area (Å²) in [6.07, 6.45) is 8.59. The highest BCUT2D eigenvalue weighted by Crippen LogP contribution is 2.26. The van der Waals surface area contributed by atoms with Gasteiger partial charge in [0.25, 0.3) is 0 Å². The molecular formula is C22H21N3O3. The predicted octanol–water partition coefficient (Wildman–Crippen LogP) is 3.25. The fraction of sp³-hybridized carbons (Fsp3) is 0.227. The summed E-state index contributed by atoms with van der Waals surface area (Å²) < 4.78 is 16.5. The van der Waals surface area contributed by atoms with Gasteiger partial charge >= 0.3 is 0 Å². The standard InChI is InChI=1S/C22H21N3O3/c1-2-11-26-12-13-27-14-15-28-18-16-21(19-7-3-5-9-23-19)25-22(17-18)20-8-4-6-10-24-20/h1,3-10,16-17H,11-15H2. The zero-order valence-electron chi connectivity index (χ0n) is 15.5. The number of nitrogens with zero attached hydrogens (tertiary/aromatic N) is 3. The molecule has 3 heterocycles. The molecule has 3 aromatic heterocycles. The van der Waals surface area contributed by atoms with Gasteiger partial charge in [-0.15, -0.1) is 6.42 Å². The lowest BCUT2D eigenvalue weighted by Crippen LogP contribution is -2.11. The van der Waals surface area contributed by atoms with Crippen molar-refractivity contribution in [2.45, 2.75) is 0 Å². The van der Waals surface area contributed by atoms with Crippen molar-refractivity contribution in [3.63, 3.8) is 0 Å². The van der Waals surface area contributed by atoms with E-state index in [0.29, 0.717) is 38.8 Å². The number of hydrogen-bond acceptors (Lipinski definition) is 6. The van der Waals surface area contributed by atoms with Crippen molar-refractivity contribution in [2.75, 3.05) is 33.0 Å². The monoisotopic (exact) mass is 375 g/mol. The minimum atomic E-state index is 0.295. The van der Waals surface area contributed by atoms with Crippen LogP contribution in [0, 0.1) is 12.3 Å². The molecule has 0 aromatic carbocycles. The Hall–Kier alpha value is -3.27. The van der Waals surface area contributed by atoms with Crippen LogP contribution in [0.25, 0.3) is 22.8 Å². The van der Waals surface area contributed by atoms with Crippen LogP contribution < -0.4 is 4.74 Å². The number of rotatable bonds is 10. The molecule has 0 saturated carbocycles. The number of ether oxygens (including phenoxy) is 3. The number of terminal acetylenes is 1. The molecule has 0 unspecified atom stereocenters. The predicted molar refractivity (Wildman–Crippen MR) is 107 cm³/mol. The van der Waals surface area contributed by atoms with Crippen LogP contribution in [0.3, 0.4) is 0 Å². The van der Waals surface area contributed by atoms with Gasteiger partial charge in [0.1, 0.15) is 19.0 Å². The Morgan fingerprint density at radius 1 is 0.750 bits per heavy atom. The van der Waals surface area contributed by atoms with Crippen LogP contribution in [0.15, 0.2) is 60.9 Å². The molecule has 6 nitrogen and oxygen atoms in total. The second-order valence-corrected chi connectivity index (χ2v) is 5.72. The SMILES string of the molecule is C#CCOCCOCCOc1cc(-c2ccccn2)nc(-c2ccccn2)c1. The van der Waals surface area contributed by atoms with E-state index in [4.69, 9.17) is 25.6 Å². The lowest BCUT2D eigenvalue weighted by atomic mass is 10.2. The Bertz CT molecular complexity index is 838. The summed E-state index contributed by atoms with van der Waals surface area (Å²) in [5, 5.41) is 0. The molecule has 0 aliphatic rings. The van der Waals surface area contributed by atoms with Gasteiger partial charge in [-0.1, -0.05) is 18.1 Å². The molecule has 0 atom stereocenters. The van der Waals surface area contributed by atoms with E-state index in [2.05, 4.69) is 15.9 Å².